The summed E-state index contributed by atoms with van der Waals surface area (Å²) in [6.45, 7) is 0.781. The summed E-state index contributed by atoms with van der Waals surface area (Å²) in [5.74, 6) is -0.886. The highest BCUT2D eigenvalue weighted by Crippen LogP contribution is 2.29. The Balaban J connectivity index is 2.08. The predicted octanol–water partition coefficient (Wildman–Crippen LogP) is 3.04. The summed E-state index contributed by atoms with van der Waals surface area (Å²) >= 11 is 0. The smallest absolute Gasteiger partial charge is 0.336 e. The third-order valence-corrected chi connectivity index (χ3v) is 3.46. The molecule has 0 radical (unpaired) electrons. The Hall–Kier alpha value is -1.81. The molecule has 4 heteroatoms. The maximum absolute atomic E-state index is 11.2. The molecule has 1 saturated heterocycles. The van der Waals surface area contributed by atoms with E-state index in [0.29, 0.717) is 5.56 Å². The number of fused-ring (bicyclic) bond motifs is 1. The van der Waals surface area contributed by atoms with Crippen LogP contribution in [0.25, 0.3) is 10.9 Å². The fraction of sp³-hybridized carbons (Fsp3) is 0.357. The van der Waals surface area contributed by atoms with E-state index in [2.05, 4.69) is 0 Å². The Morgan fingerprint density at radius 2 is 2.22 bits per heavy atom. The van der Waals surface area contributed by atoms with Crippen molar-refractivity contribution in [2.24, 2.45) is 0 Å². The van der Waals surface area contributed by atoms with Crippen LogP contribution in [0.5, 0.6) is 0 Å². The SMILES string of the molecule is O=C(O)c1cccc2c1ccn2C1CCCCO1. The largest absolute Gasteiger partial charge is 0.478 e. The lowest BCUT2D eigenvalue weighted by molar-refractivity contribution is -0.0291. The topological polar surface area (TPSA) is 51.5 Å². The molecule has 1 N–H and O–H groups in total. The first kappa shape index (κ1) is 11.3. The summed E-state index contributed by atoms with van der Waals surface area (Å²) in [4.78, 5) is 11.2. The van der Waals surface area contributed by atoms with Crippen molar-refractivity contribution in [3.05, 3.63) is 36.0 Å². The molecule has 0 bridgehead atoms. The second-order valence-corrected chi connectivity index (χ2v) is 4.59. The Morgan fingerprint density at radius 3 is 2.94 bits per heavy atom. The van der Waals surface area contributed by atoms with Crippen molar-refractivity contribution >= 4 is 16.9 Å². The number of aromatic carboxylic acids is 1. The molecule has 94 valence electrons. The van der Waals surface area contributed by atoms with Gasteiger partial charge in [0.15, 0.2) is 0 Å². The second kappa shape index (κ2) is 4.46. The third kappa shape index (κ3) is 1.78. The van der Waals surface area contributed by atoms with Crippen molar-refractivity contribution in [1.29, 1.82) is 0 Å². The fourth-order valence-corrected chi connectivity index (χ4v) is 2.57. The lowest BCUT2D eigenvalue weighted by atomic mass is 10.1. The number of benzene rings is 1. The molecule has 3 rings (SSSR count). The lowest BCUT2D eigenvalue weighted by Crippen LogP contribution is -2.17. The van der Waals surface area contributed by atoms with Gasteiger partial charge in [-0.15, -0.1) is 0 Å². The lowest BCUT2D eigenvalue weighted by Gasteiger charge is -2.24. The standard InChI is InChI=1S/C14H15NO3/c16-14(17)11-4-3-5-12-10(11)7-8-15(12)13-6-1-2-9-18-13/h3-5,7-8,13H,1-2,6,9H2,(H,16,17). The summed E-state index contributed by atoms with van der Waals surface area (Å²) in [6, 6.07) is 7.22. The van der Waals surface area contributed by atoms with Crippen LogP contribution in [0.2, 0.25) is 0 Å². The summed E-state index contributed by atoms with van der Waals surface area (Å²) < 4.78 is 7.79. The van der Waals surface area contributed by atoms with Crippen molar-refractivity contribution in [3.63, 3.8) is 0 Å². The summed E-state index contributed by atoms with van der Waals surface area (Å²) in [5, 5.41) is 9.94. The highest BCUT2D eigenvalue weighted by Gasteiger charge is 2.18. The molecular formula is C14H15NO3. The molecule has 18 heavy (non-hydrogen) atoms. The van der Waals surface area contributed by atoms with Gasteiger partial charge in [0.05, 0.1) is 11.1 Å². The van der Waals surface area contributed by atoms with E-state index >= 15 is 0 Å². The molecule has 1 aliphatic heterocycles. The van der Waals surface area contributed by atoms with Crippen LogP contribution in [0, 0.1) is 0 Å². The van der Waals surface area contributed by atoms with Crippen LogP contribution in [-0.4, -0.2) is 22.2 Å². The van der Waals surface area contributed by atoms with Gasteiger partial charge in [-0.2, -0.15) is 0 Å². The van der Waals surface area contributed by atoms with E-state index in [1.165, 1.54) is 0 Å². The Bertz CT molecular complexity index is 582. The zero-order valence-corrected chi connectivity index (χ0v) is 10.0. The molecule has 0 spiro atoms. The minimum atomic E-state index is -0.886. The molecule has 1 aromatic carbocycles. The molecule has 4 nitrogen and oxygen atoms in total. The van der Waals surface area contributed by atoms with E-state index in [9.17, 15) is 4.79 Å². The third-order valence-electron chi connectivity index (χ3n) is 3.46. The molecule has 0 saturated carbocycles. The highest BCUT2D eigenvalue weighted by molar-refractivity contribution is 6.02. The second-order valence-electron chi connectivity index (χ2n) is 4.59. The quantitative estimate of drug-likeness (QED) is 0.884. The molecule has 1 aromatic heterocycles. The zero-order valence-electron chi connectivity index (χ0n) is 10.0. The van der Waals surface area contributed by atoms with Gasteiger partial charge in [-0.05, 0) is 37.5 Å². The van der Waals surface area contributed by atoms with Gasteiger partial charge in [-0.1, -0.05) is 6.07 Å². The first-order chi connectivity index (χ1) is 8.77. The number of carboxylic acid groups (broad SMARTS) is 1. The van der Waals surface area contributed by atoms with Crippen LogP contribution in [0.3, 0.4) is 0 Å². The number of carboxylic acids is 1. The number of carbonyl (C=O) groups is 1. The van der Waals surface area contributed by atoms with Gasteiger partial charge in [0.2, 0.25) is 0 Å². The van der Waals surface area contributed by atoms with Crippen LogP contribution in [0.15, 0.2) is 30.5 Å². The van der Waals surface area contributed by atoms with Crippen LogP contribution in [0.1, 0.15) is 35.8 Å². The van der Waals surface area contributed by atoms with Gasteiger partial charge in [0, 0.05) is 18.2 Å². The predicted molar refractivity (Wildman–Crippen MR) is 67.7 cm³/mol. The van der Waals surface area contributed by atoms with Gasteiger partial charge in [0.25, 0.3) is 0 Å². The van der Waals surface area contributed by atoms with E-state index in [4.69, 9.17) is 9.84 Å². The average molecular weight is 245 g/mol. The average Bonchev–Trinajstić information content (AvgIpc) is 2.83. The Labute approximate surface area is 105 Å². The number of ether oxygens (including phenoxy) is 1. The molecule has 1 unspecified atom stereocenters. The number of nitrogens with zero attached hydrogens (tertiary/aromatic N) is 1. The normalized spacial score (nSPS) is 20.1. The van der Waals surface area contributed by atoms with Crippen molar-refractivity contribution in [1.82, 2.24) is 4.57 Å². The van der Waals surface area contributed by atoms with E-state index in [0.717, 1.165) is 36.8 Å². The minimum Gasteiger partial charge on any atom is -0.478 e. The first-order valence-electron chi connectivity index (χ1n) is 6.22. The molecule has 1 aliphatic rings. The molecular weight excluding hydrogens is 230 g/mol. The summed E-state index contributed by atoms with van der Waals surface area (Å²) in [6.07, 6.45) is 5.22. The van der Waals surface area contributed by atoms with Gasteiger partial charge >= 0.3 is 5.97 Å². The number of hydrogen-bond donors (Lipinski definition) is 1. The minimum absolute atomic E-state index is 0.0419. The molecule has 2 heterocycles. The van der Waals surface area contributed by atoms with Crippen LogP contribution in [-0.2, 0) is 4.74 Å². The molecule has 1 fully saturated rings. The number of hydrogen-bond acceptors (Lipinski definition) is 2. The molecule has 0 aliphatic carbocycles. The Morgan fingerprint density at radius 1 is 1.33 bits per heavy atom. The van der Waals surface area contributed by atoms with Crippen molar-refractivity contribution in [3.8, 4) is 0 Å². The first-order valence-corrected chi connectivity index (χ1v) is 6.22. The van der Waals surface area contributed by atoms with Gasteiger partial charge in [-0.3, -0.25) is 0 Å². The molecule has 2 aromatic rings. The van der Waals surface area contributed by atoms with Gasteiger partial charge in [0.1, 0.15) is 6.23 Å². The molecule has 0 amide bonds. The number of aromatic nitrogens is 1. The summed E-state index contributed by atoms with van der Waals surface area (Å²) in [5.41, 5.74) is 1.28. The van der Waals surface area contributed by atoms with Crippen LogP contribution in [0.4, 0.5) is 0 Å². The fourth-order valence-electron chi connectivity index (χ4n) is 2.57. The van der Waals surface area contributed by atoms with E-state index < -0.39 is 5.97 Å². The van der Waals surface area contributed by atoms with E-state index in [-0.39, 0.29) is 6.23 Å². The van der Waals surface area contributed by atoms with E-state index in [1.807, 2.05) is 22.9 Å². The zero-order chi connectivity index (χ0) is 12.5. The number of rotatable bonds is 2. The maximum Gasteiger partial charge on any atom is 0.336 e. The van der Waals surface area contributed by atoms with Crippen LogP contribution < -0.4 is 0 Å². The van der Waals surface area contributed by atoms with Crippen LogP contribution >= 0.6 is 0 Å². The molecule has 1 atom stereocenters. The van der Waals surface area contributed by atoms with Gasteiger partial charge in [-0.25, -0.2) is 4.79 Å². The Kier molecular flexibility index (Phi) is 2.80. The maximum atomic E-state index is 11.2. The monoisotopic (exact) mass is 245 g/mol. The van der Waals surface area contributed by atoms with E-state index in [1.54, 1.807) is 12.1 Å². The van der Waals surface area contributed by atoms with Crippen molar-refractivity contribution in [2.45, 2.75) is 25.5 Å². The van der Waals surface area contributed by atoms with Crippen molar-refractivity contribution in [2.75, 3.05) is 6.61 Å². The summed E-state index contributed by atoms with van der Waals surface area (Å²) in [7, 11) is 0. The van der Waals surface area contributed by atoms with Gasteiger partial charge < -0.3 is 14.4 Å². The highest BCUT2D eigenvalue weighted by atomic mass is 16.5. The van der Waals surface area contributed by atoms with Crippen molar-refractivity contribution < 1.29 is 14.6 Å².